The van der Waals surface area contributed by atoms with Crippen LogP contribution in [0, 0.1) is 13.8 Å². The number of ether oxygens (including phenoxy) is 1. The number of nitrogens with one attached hydrogen (secondary N) is 1. The molecule has 0 bridgehead atoms. The van der Waals surface area contributed by atoms with Crippen molar-refractivity contribution < 1.29 is 18.6 Å². The Balaban J connectivity index is 2.02. The SMILES string of the molecule is CCCc1ccc(-c2nc(NP(=O)(OC)c3ccc(C)cc3C)c(C(=O)OC)s2)cc1. The first kappa shape index (κ1) is 23.2. The van der Waals surface area contributed by atoms with E-state index in [4.69, 9.17) is 9.26 Å². The summed E-state index contributed by atoms with van der Waals surface area (Å²) >= 11 is 1.19. The van der Waals surface area contributed by atoms with Gasteiger partial charge in [-0.05, 0) is 37.5 Å². The number of thiazole rings is 1. The van der Waals surface area contributed by atoms with Crippen LogP contribution in [0.2, 0.25) is 0 Å². The van der Waals surface area contributed by atoms with Gasteiger partial charge in [-0.2, -0.15) is 0 Å². The second kappa shape index (κ2) is 9.77. The second-order valence-electron chi connectivity index (χ2n) is 7.27. The van der Waals surface area contributed by atoms with Crippen LogP contribution in [0.5, 0.6) is 0 Å². The largest absolute Gasteiger partial charge is 0.465 e. The molecule has 0 radical (unpaired) electrons. The molecule has 1 atom stereocenters. The topological polar surface area (TPSA) is 77.5 Å². The molecule has 1 unspecified atom stereocenters. The lowest BCUT2D eigenvalue weighted by Gasteiger charge is -2.20. The van der Waals surface area contributed by atoms with Crippen molar-refractivity contribution in [2.24, 2.45) is 0 Å². The number of esters is 1. The number of anilines is 1. The molecule has 164 valence electrons. The third-order valence-corrected chi connectivity index (χ3v) is 8.16. The third kappa shape index (κ3) is 5.06. The highest BCUT2D eigenvalue weighted by molar-refractivity contribution is 7.68. The van der Waals surface area contributed by atoms with Crippen LogP contribution in [0.1, 0.15) is 39.7 Å². The molecule has 2 aromatic carbocycles. The summed E-state index contributed by atoms with van der Waals surface area (Å²) in [7, 11) is -0.828. The Kier molecular flexibility index (Phi) is 7.31. The average Bonchev–Trinajstić information content (AvgIpc) is 3.17. The minimum absolute atomic E-state index is 0.189. The van der Waals surface area contributed by atoms with E-state index in [0.717, 1.165) is 29.5 Å². The van der Waals surface area contributed by atoms with Crippen LogP contribution in [0.15, 0.2) is 42.5 Å². The van der Waals surface area contributed by atoms with Crippen molar-refractivity contribution in [3.05, 3.63) is 64.0 Å². The Morgan fingerprint density at radius 3 is 2.42 bits per heavy atom. The fourth-order valence-corrected chi connectivity index (χ4v) is 6.00. The number of benzene rings is 2. The summed E-state index contributed by atoms with van der Waals surface area (Å²) < 4.78 is 24.1. The number of hydrogen-bond donors (Lipinski definition) is 1. The summed E-state index contributed by atoms with van der Waals surface area (Å²) in [6.45, 7) is 5.98. The highest BCUT2D eigenvalue weighted by Gasteiger charge is 2.31. The van der Waals surface area contributed by atoms with Gasteiger partial charge in [0.05, 0.1) is 12.4 Å². The van der Waals surface area contributed by atoms with Gasteiger partial charge in [0, 0.05) is 12.7 Å². The molecule has 0 aliphatic heterocycles. The maximum Gasteiger partial charge on any atom is 0.351 e. The molecule has 31 heavy (non-hydrogen) atoms. The number of rotatable bonds is 8. The van der Waals surface area contributed by atoms with Crippen molar-refractivity contribution in [1.82, 2.24) is 4.98 Å². The number of hydrogen-bond acceptors (Lipinski definition) is 6. The molecule has 3 rings (SSSR count). The van der Waals surface area contributed by atoms with Crippen molar-refractivity contribution in [1.29, 1.82) is 0 Å². The van der Waals surface area contributed by atoms with E-state index in [0.29, 0.717) is 10.3 Å². The fraction of sp³-hybridized carbons (Fsp3) is 0.304. The first-order chi connectivity index (χ1) is 14.8. The first-order valence-electron chi connectivity index (χ1n) is 10.0. The predicted molar refractivity (Wildman–Crippen MR) is 127 cm³/mol. The third-order valence-electron chi connectivity index (χ3n) is 4.92. The summed E-state index contributed by atoms with van der Waals surface area (Å²) in [5, 5.41) is 4.09. The van der Waals surface area contributed by atoms with Gasteiger partial charge >= 0.3 is 13.5 Å². The van der Waals surface area contributed by atoms with E-state index in [-0.39, 0.29) is 10.7 Å². The molecule has 6 nitrogen and oxygen atoms in total. The first-order valence-corrected chi connectivity index (χ1v) is 12.5. The van der Waals surface area contributed by atoms with E-state index in [9.17, 15) is 9.36 Å². The molecule has 1 aromatic heterocycles. The molecule has 0 aliphatic carbocycles. The Morgan fingerprint density at radius 1 is 1.13 bits per heavy atom. The average molecular weight is 459 g/mol. The van der Waals surface area contributed by atoms with E-state index in [1.807, 2.05) is 38.1 Å². The summed E-state index contributed by atoms with van der Waals surface area (Å²) in [5.74, 6) is -0.355. The van der Waals surface area contributed by atoms with Gasteiger partial charge in [-0.15, -0.1) is 11.3 Å². The Labute approximate surface area is 187 Å². The van der Waals surface area contributed by atoms with Gasteiger partial charge in [0.15, 0.2) is 10.7 Å². The lowest BCUT2D eigenvalue weighted by Crippen LogP contribution is -2.17. The molecule has 1 heterocycles. The van der Waals surface area contributed by atoms with Crippen LogP contribution in [-0.4, -0.2) is 25.2 Å². The van der Waals surface area contributed by atoms with E-state index in [1.165, 1.54) is 31.1 Å². The Bertz CT molecular complexity index is 1130. The van der Waals surface area contributed by atoms with E-state index < -0.39 is 13.5 Å². The maximum absolute atomic E-state index is 13.7. The van der Waals surface area contributed by atoms with Gasteiger partial charge in [0.25, 0.3) is 0 Å². The van der Waals surface area contributed by atoms with Crippen molar-refractivity contribution >= 4 is 35.9 Å². The monoisotopic (exact) mass is 458 g/mol. The summed E-state index contributed by atoms with van der Waals surface area (Å²) in [5.41, 5.74) is 4.01. The van der Waals surface area contributed by atoms with Gasteiger partial charge in [-0.25, -0.2) is 9.78 Å². The number of aromatic nitrogens is 1. The van der Waals surface area contributed by atoms with Crippen molar-refractivity contribution in [3.8, 4) is 10.6 Å². The molecule has 8 heteroatoms. The zero-order valence-corrected chi connectivity index (χ0v) is 20.1. The van der Waals surface area contributed by atoms with Gasteiger partial charge in [0.1, 0.15) is 5.01 Å². The molecule has 0 fully saturated rings. The summed E-state index contributed by atoms with van der Waals surface area (Å²) in [4.78, 5) is 17.3. The van der Waals surface area contributed by atoms with E-state index in [2.05, 4.69) is 29.1 Å². The van der Waals surface area contributed by atoms with Crippen molar-refractivity contribution in [2.75, 3.05) is 19.3 Å². The van der Waals surface area contributed by atoms with Crippen LogP contribution in [0.4, 0.5) is 5.82 Å². The van der Waals surface area contributed by atoms with Gasteiger partial charge in [-0.1, -0.05) is 55.3 Å². The zero-order chi connectivity index (χ0) is 22.6. The lowest BCUT2D eigenvalue weighted by atomic mass is 10.1. The van der Waals surface area contributed by atoms with Crippen LogP contribution in [0.3, 0.4) is 0 Å². The minimum Gasteiger partial charge on any atom is -0.465 e. The standard InChI is InChI=1S/C23H27N2O4PS/c1-6-7-17-9-11-18(12-10-17)22-24-21(20(31-22)23(26)28-4)25-30(27,29-5)19-13-8-15(2)14-16(19)3/h8-14H,6-7H2,1-5H3,(H,25,27). The van der Waals surface area contributed by atoms with Gasteiger partial charge in [-0.3, -0.25) is 9.65 Å². The smallest absolute Gasteiger partial charge is 0.351 e. The Hall–Kier alpha value is -2.47. The molecule has 0 saturated carbocycles. The lowest BCUT2D eigenvalue weighted by molar-refractivity contribution is 0.0607. The van der Waals surface area contributed by atoms with Crippen molar-refractivity contribution in [2.45, 2.75) is 33.6 Å². The quantitative estimate of drug-likeness (QED) is 0.342. The molecular weight excluding hydrogens is 431 g/mol. The second-order valence-corrected chi connectivity index (χ2v) is 10.4. The number of carbonyl (C=O) groups excluding carboxylic acids is 1. The fourth-order valence-electron chi connectivity index (χ4n) is 3.33. The maximum atomic E-state index is 13.7. The van der Waals surface area contributed by atoms with Crippen LogP contribution < -0.4 is 10.4 Å². The molecular formula is C23H27N2O4PS. The van der Waals surface area contributed by atoms with Crippen LogP contribution in [0.25, 0.3) is 10.6 Å². The van der Waals surface area contributed by atoms with Crippen LogP contribution in [-0.2, 0) is 20.2 Å². The van der Waals surface area contributed by atoms with E-state index in [1.54, 1.807) is 6.07 Å². The van der Waals surface area contributed by atoms with Crippen molar-refractivity contribution in [3.63, 3.8) is 0 Å². The molecule has 0 amide bonds. The van der Waals surface area contributed by atoms with E-state index >= 15 is 0 Å². The molecule has 1 N–H and O–H groups in total. The molecule has 0 aliphatic rings. The molecule has 3 aromatic rings. The highest BCUT2D eigenvalue weighted by Crippen LogP contribution is 2.47. The van der Waals surface area contributed by atoms with Gasteiger partial charge < -0.3 is 9.26 Å². The van der Waals surface area contributed by atoms with Gasteiger partial charge in [0.2, 0.25) is 0 Å². The Morgan fingerprint density at radius 2 is 1.84 bits per heavy atom. The number of carbonyl (C=O) groups is 1. The normalized spacial score (nSPS) is 12.9. The highest BCUT2D eigenvalue weighted by atomic mass is 32.1. The zero-order valence-electron chi connectivity index (χ0n) is 18.4. The van der Waals surface area contributed by atoms with Crippen LogP contribution >= 0.6 is 18.9 Å². The predicted octanol–water partition coefficient (Wildman–Crippen LogP) is 5.74. The molecule has 0 saturated heterocycles. The number of aryl methyl sites for hydroxylation is 3. The summed E-state index contributed by atoms with van der Waals surface area (Å²) in [6, 6.07) is 13.7. The number of methoxy groups -OCH3 is 1. The molecule has 0 spiro atoms. The number of nitrogens with zero attached hydrogens (tertiary/aromatic N) is 1. The minimum atomic E-state index is -3.52. The summed E-state index contributed by atoms with van der Waals surface area (Å²) in [6.07, 6.45) is 2.08.